The highest BCUT2D eigenvalue weighted by Gasteiger charge is 2.20. The second kappa shape index (κ2) is 6.70. The molecule has 0 bridgehead atoms. The second-order valence-electron chi connectivity index (χ2n) is 5.77. The van der Waals surface area contributed by atoms with Crippen molar-refractivity contribution in [2.24, 2.45) is 0 Å². The van der Waals surface area contributed by atoms with Gasteiger partial charge in [0.25, 0.3) is 0 Å². The number of nitrogens with zero attached hydrogens (tertiary/aromatic N) is 5. The summed E-state index contributed by atoms with van der Waals surface area (Å²) in [7, 11) is 1.65. The quantitative estimate of drug-likeness (QED) is 0.726. The van der Waals surface area contributed by atoms with Crippen LogP contribution in [-0.4, -0.2) is 53.1 Å². The SMILES string of the molecule is COc1cccc(CN2CCN(c3ncnc4sccc34)CC2)n1. The lowest BCUT2D eigenvalue weighted by atomic mass is 10.2. The third-order valence-electron chi connectivity index (χ3n) is 4.29. The van der Waals surface area contributed by atoms with Gasteiger partial charge < -0.3 is 9.64 Å². The van der Waals surface area contributed by atoms with Gasteiger partial charge in [0.05, 0.1) is 18.2 Å². The molecule has 3 aromatic rings. The van der Waals surface area contributed by atoms with Gasteiger partial charge in [0, 0.05) is 38.8 Å². The zero-order valence-corrected chi connectivity index (χ0v) is 14.4. The lowest BCUT2D eigenvalue weighted by Gasteiger charge is -2.35. The molecule has 0 saturated carbocycles. The normalized spacial score (nSPS) is 15.8. The molecule has 0 aliphatic carbocycles. The fourth-order valence-corrected chi connectivity index (χ4v) is 3.76. The Hall–Kier alpha value is -2.25. The first-order valence-electron chi connectivity index (χ1n) is 7.99. The van der Waals surface area contributed by atoms with Crippen LogP contribution in [0.4, 0.5) is 5.82 Å². The molecular weight excluding hydrogens is 322 g/mol. The van der Waals surface area contributed by atoms with E-state index in [0.717, 1.165) is 54.5 Å². The molecule has 24 heavy (non-hydrogen) atoms. The highest BCUT2D eigenvalue weighted by molar-refractivity contribution is 7.16. The minimum atomic E-state index is 0.673. The predicted octanol–water partition coefficient (Wildman–Crippen LogP) is 2.42. The average molecular weight is 341 g/mol. The fraction of sp³-hybridized carbons (Fsp3) is 0.353. The average Bonchev–Trinajstić information content (AvgIpc) is 3.11. The van der Waals surface area contributed by atoms with E-state index in [4.69, 9.17) is 4.74 Å². The molecule has 1 aliphatic rings. The predicted molar refractivity (Wildman–Crippen MR) is 95.7 cm³/mol. The smallest absolute Gasteiger partial charge is 0.213 e. The Bertz CT molecular complexity index is 828. The van der Waals surface area contributed by atoms with Crippen LogP contribution in [0.15, 0.2) is 36.0 Å². The van der Waals surface area contributed by atoms with E-state index in [1.165, 1.54) is 0 Å². The molecule has 0 amide bonds. The molecule has 1 saturated heterocycles. The van der Waals surface area contributed by atoms with Crippen molar-refractivity contribution in [3.05, 3.63) is 41.7 Å². The van der Waals surface area contributed by atoms with Gasteiger partial charge in [-0.15, -0.1) is 11.3 Å². The summed E-state index contributed by atoms with van der Waals surface area (Å²) in [5.74, 6) is 1.73. The van der Waals surface area contributed by atoms with Crippen LogP contribution in [0.3, 0.4) is 0 Å². The van der Waals surface area contributed by atoms with E-state index in [9.17, 15) is 0 Å². The lowest BCUT2D eigenvalue weighted by Crippen LogP contribution is -2.46. The van der Waals surface area contributed by atoms with Crippen molar-refractivity contribution in [3.63, 3.8) is 0 Å². The zero-order chi connectivity index (χ0) is 16.4. The zero-order valence-electron chi connectivity index (χ0n) is 13.6. The summed E-state index contributed by atoms with van der Waals surface area (Å²) < 4.78 is 5.20. The first-order valence-corrected chi connectivity index (χ1v) is 8.87. The fourth-order valence-electron chi connectivity index (χ4n) is 3.04. The summed E-state index contributed by atoms with van der Waals surface area (Å²) >= 11 is 1.66. The number of aromatic nitrogens is 3. The molecular formula is C17H19N5OS. The third kappa shape index (κ3) is 3.05. The Morgan fingerprint density at radius 3 is 2.83 bits per heavy atom. The number of piperazine rings is 1. The Morgan fingerprint density at radius 1 is 1.12 bits per heavy atom. The molecule has 4 heterocycles. The van der Waals surface area contributed by atoms with E-state index in [1.807, 2.05) is 18.2 Å². The van der Waals surface area contributed by atoms with Gasteiger partial charge in [-0.05, 0) is 17.5 Å². The van der Waals surface area contributed by atoms with Gasteiger partial charge in [-0.25, -0.2) is 15.0 Å². The highest BCUT2D eigenvalue weighted by Crippen LogP contribution is 2.27. The standard InChI is InChI=1S/C17H19N5OS/c1-23-15-4-2-3-13(20-15)11-21-6-8-22(9-7-21)16-14-5-10-24-17(14)19-12-18-16/h2-5,10,12H,6-9,11H2,1H3. The molecule has 0 atom stereocenters. The maximum absolute atomic E-state index is 5.20. The Labute approximate surface area is 144 Å². The number of thiophene rings is 1. The van der Waals surface area contributed by atoms with Gasteiger partial charge in [0.2, 0.25) is 5.88 Å². The first-order chi connectivity index (χ1) is 11.8. The number of ether oxygens (including phenoxy) is 1. The Kier molecular flexibility index (Phi) is 4.27. The molecule has 0 unspecified atom stereocenters. The monoisotopic (exact) mass is 341 g/mol. The second-order valence-corrected chi connectivity index (χ2v) is 6.67. The molecule has 1 aliphatic heterocycles. The van der Waals surface area contributed by atoms with Crippen LogP contribution >= 0.6 is 11.3 Å². The molecule has 3 aromatic heterocycles. The molecule has 0 radical (unpaired) electrons. The number of rotatable bonds is 4. The summed E-state index contributed by atoms with van der Waals surface area (Å²) in [4.78, 5) is 19.2. The van der Waals surface area contributed by atoms with Crippen molar-refractivity contribution in [1.82, 2.24) is 19.9 Å². The Balaban J connectivity index is 1.42. The van der Waals surface area contributed by atoms with Crippen molar-refractivity contribution in [2.45, 2.75) is 6.54 Å². The van der Waals surface area contributed by atoms with Crippen molar-refractivity contribution in [2.75, 3.05) is 38.2 Å². The largest absolute Gasteiger partial charge is 0.481 e. The van der Waals surface area contributed by atoms with Crippen LogP contribution < -0.4 is 9.64 Å². The van der Waals surface area contributed by atoms with E-state index < -0.39 is 0 Å². The molecule has 124 valence electrons. The summed E-state index contributed by atoms with van der Waals surface area (Å²) in [6.45, 7) is 4.77. The topological polar surface area (TPSA) is 54.4 Å². The third-order valence-corrected chi connectivity index (χ3v) is 5.11. The van der Waals surface area contributed by atoms with Crippen LogP contribution in [0.25, 0.3) is 10.2 Å². The first kappa shape index (κ1) is 15.3. The van der Waals surface area contributed by atoms with Crippen molar-refractivity contribution in [3.8, 4) is 5.88 Å². The molecule has 0 N–H and O–H groups in total. The summed E-state index contributed by atoms with van der Waals surface area (Å²) in [6.07, 6.45) is 1.67. The van der Waals surface area contributed by atoms with E-state index in [2.05, 4.69) is 36.2 Å². The number of anilines is 1. The van der Waals surface area contributed by atoms with Crippen molar-refractivity contribution < 1.29 is 4.74 Å². The number of pyridine rings is 1. The highest BCUT2D eigenvalue weighted by atomic mass is 32.1. The molecule has 4 rings (SSSR count). The van der Waals surface area contributed by atoms with Gasteiger partial charge in [0.1, 0.15) is 17.0 Å². The number of fused-ring (bicyclic) bond motifs is 1. The van der Waals surface area contributed by atoms with E-state index in [1.54, 1.807) is 24.8 Å². The summed E-state index contributed by atoms with van der Waals surface area (Å²) in [5, 5.41) is 3.23. The van der Waals surface area contributed by atoms with Gasteiger partial charge in [-0.3, -0.25) is 4.90 Å². The molecule has 6 nitrogen and oxygen atoms in total. The summed E-state index contributed by atoms with van der Waals surface area (Å²) in [6, 6.07) is 8.03. The maximum Gasteiger partial charge on any atom is 0.213 e. The minimum Gasteiger partial charge on any atom is -0.481 e. The van der Waals surface area contributed by atoms with Crippen LogP contribution in [0.5, 0.6) is 5.88 Å². The van der Waals surface area contributed by atoms with Crippen LogP contribution in [-0.2, 0) is 6.54 Å². The van der Waals surface area contributed by atoms with Crippen LogP contribution in [0, 0.1) is 0 Å². The van der Waals surface area contributed by atoms with Crippen molar-refractivity contribution in [1.29, 1.82) is 0 Å². The number of hydrogen-bond donors (Lipinski definition) is 0. The van der Waals surface area contributed by atoms with Crippen LogP contribution in [0.1, 0.15) is 5.69 Å². The van der Waals surface area contributed by atoms with Gasteiger partial charge in [-0.1, -0.05) is 6.07 Å². The number of hydrogen-bond acceptors (Lipinski definition) is 7. The van der Waals surface area contributed by atoms with E-state index in [-0.39, 0.29) is 0 Å². The molecule has 7 heteroatoms. The minimum absolute atomic E-state index is 0.673. The number of methoxy groups -OCH3 is 1. The van der Waals surface area contributed by atoms with Gasteiger partial charge in [-0.2, -0.15) is 0 Å². The van der Waals surface area contributed by atoms with E-state index in [0.29, 0.717) is 5.88 Å². The molecule has 0 aromatic carbocycles. The van der Waals surface area contributed by atoms with Crippen LogP contribution in [0.2, 0.25) is 0 Å². The lowest BCUT2D eigenvalue weighted by molar-refractivity contribution is 0.245. The van der Waals surface area contributed by atoms with E-state index >= 15 is 0 Å². The Morgan fingerprint density at radius 2 is 2.00 bits per heavy atom. The summed E-state index contributed by atoms with van der Waals surface area (Å²) in [5.41, 5.74) is 1.05. The molecule has 0 spiro atoms. The van der Waals surface area contributed by atoms with Gasteiger partial charge in [0.15, 0.2) is 0 Å². The van der Waals surface area contributed by atoms with Crippen molar-refractivity contribution >= 4 is 27.4 Å². The van der Waals surface area contributed by atoms with Gasteiger partial charge >= 0.3 is 0 Å². The molecule has 1 fully saturated rings. The maximum atomic E-state index is 5.20.